The highest BCUT2D eigenvalue weighted by molar-refractivity contribution is 14.1. The lowest BCUT2D eigenvalue weighted by molar-refractivity contribution is -0.113. The van der Waals surface area contributed by atoms with Crippen LogP contribution in [0.2, 0.25) is 0 Å². The van der Waals surface area contributed by atoms with Gasteiger partial charge in [0, 0.05) is 17.7 Å². The first-order chi connectivity index (χ1) is 11.0. The Labute approximate surface area is 149 Å². The molecule has 0 unspecified atom stereocenters. The molecule has 1 heterocycles. The monoisotopic (exact) mass is 419 g/mol. The van der Waals surface area contributed by atoms with Crippen molar-refractivity contribution in [3.8, 4) is 5.75 Å². The first-order valence-electron chi connectivity index (χ1n) is 7.59. The van der Waals surface area contributed by atoms with E-state index in [1.54, 1.807) is 6.07 Å². The Morgan fingerprint density at radius 3 is 2.65 bits per heavy atom. The van der Waals surface area contributed by atoms with Gasteiger partial charge in [-0.2, -0.15) is 0 Å². The maximum atomic E-state index is 12.9. The molecule has 1 N–H and O–H groups in total. The minimum atomic E-state index is 0.0444. The van der Waals surface area contributed by atoms with Crippen LogP contribution in [0.3, 0.4) is 0 Å². The van der Waals surface area contributed by atoms with Crippen LogP contribution in [0.1, 0.15) is 25.0 Å². The number of hydrogen-bond donors (Lipinski definition) is 1. The minimum Gasteiger partial charge on any atom is -0.507 e. The van der Waals surface area contributed by atoms with Crippen molar-refractivity contribution in [3.05, 3.63) is 57.2 Å². The number of aromatic hydroxyl groups is 1. The number of carbonyl (C=O) groups excluding carboxylic acids is 1. The molecule has 0 radical (unpaired) electrons. The Morgan fingerprint density at radius 1 is 1.22 bits per heavy atom. The van der Waals surface area contributed by atoms with Gasteiger partial charge in [-0.25, -0.2) is 0 Å². The lowest BCUT2D eigenvalue weighted by Gasteiger charge is -2.19. The fourth-order valence-corrected chi connectivity index (χ4v) is 3.31. The van der Waals surface area contributed by atoms with Crippen LogP contribution in [-0.4, -0.2) is 17.6 Å². The largest absolute Gasteiger partial charge is 0.507 e. The van der Waals surface area contributed by atoms with Crippen molar-refractivity contribution in [2.45, 2.75) is 13.8 Å². The molecule has 118 valence electrons. The Balaban J connectivity index is 2.07. The first-order valence-corrected chi connectivity index (χ1v) is 8.66. The minimum absolute atomic E-state index is 0.0444. The van der Waals surface area contributed by atoms with E-state index in [1.807, 2.05) is 47.4 Å². The van der Waals surface area contributed by atoms with Gasteiger partial charge in [0.25, 0.3) is 5.91 Å². The summed E-state index contributed by atoms with van der Waals surface area (Å²) in [5, 5.41) is 9.65. The number of benzene rings is 2. The second kappa shape index (κ2) is 6.35. The Morgan fingerprint density at radius 2 is 1.96 bits per heavy atom. The van der Waals surface area contributed by atoms with Crippen molar-refractivity contribution >= 4 is 45.8 Å². The molecular formula is C19H18INO2. The number of rotatable bonds is 3. The normalized spacial score (nSPS) is 15.6. The predicted molar refractivity (Wildman–Crippen MR) is 102 cm³/mol. The summed E-state index contributed by atoms with van der Waals surface area (Å²) in [6.45, 7) is 4.93. The molecule has 0 fully saturated rings. The van der Waals surface area contributed by atoms with Gasteiger partial charge in [0.05, 0.1) is 9.26 Å². The summed E-state index contributed by atoms with van der Waals surface area (Å²) in [5.41, 5.74) is 3.58. The number of para-hydroxylation sites is 1. The average molecular weight is 419 g/mol. The second-order valence-corrected chi connectivity index (χ2v) is 7.26. The average Bonchev–Trinajstić information content (AvgIpc) is 2.76. The zero-order valence-corrected chi connectivity index (χ0v) is 15.2. The molecule has 3 nitrogen and oxygen atoms in total. The summed E-state index contributed by atoms with van der Waals surface area (Å²) < 4.78 is 0.773. The number of phenolic OH excluding ortho intramolecular Hbond substituents is 1. The standard InChI is InChI=1S/C19H18INO2/c1-12(2)11-21-17-6-4-3-5-14(17)15(19(21)23)9-13-7-8-18(22)16(20)10-13/h3-10,12,22H,11H2,1-2H3/b15-9-. The third kappa shape index (κ3) is 3.13. The maximum Gasteiger partial charge on any atom is 0.259 e. The summed E-state index contributed by atoms with van der Waals surface area (Å²) >= 11 is 2.09. The Bertz CT molecular complexity index is 796. The molecule has 2 aromatic rings. The van der Waals surface area contributed by atoms with Crippen LogP contribution < -0.4 is 4.90 Å². The highest BCUT2D eigenvalue weighted by Crippen LogP contribution is 2.38. The van der Waals surface area contributed by atoms with E-state index in [9.17, 15) is 9.90 Å². The van der Waals surface area contributed by atoms with Gasteiger partial charge in [-0.1, -0.05) is 38.1 Å². The van der Waals surface area contributed by atoms with E-state index in [0.29, 0.717) is 18.0 Å². The fourth-order valence-electron chi connectivity index (χ4n) is 2.77. The molecule has 0 spiro atoms. The van der Waals surface area contributed by atoms with E-state index in [-0.39, 0.29) is 11.7 Å². The van der Waals surface area contributed by atoms with Crippen molar-refractivity contribution in [2.75, 3.05) is 11.4 Å². The summed E-state index contributed by atoms with van der Waals surface area (Å²) in [6.07, 6.45) is 1.91. The Hall–Kier alpha value is -1.82. The first kappa shape index (κ1) is 16.1. The van der Waals surface area contributed by atoms with Crippen molar-refractivity contribution in [1.29, 1.82) is 0 Å². The van der Waals surface area contributed by atoms with E-state index in [2.05, 4.69) is 36.4 Å². The molecule has 1 aliphatic heterocycles. The van der Waals surface area contributed by atoms with E-state index < -0.39 is 0 Å². The van der Waals surface area contributed by atoms with E-state index in [0.717, 1.165) is 20.4 Å². The predicted octanol–water partition coefficient (Wildman–Crippen LogP) is 4.54. The summed E-state index contributed by atoms with van der Waals surface area (Å²) in [6, 6.07) is 13.3. The molecule has 0 aromatic heterocycles. The molecule has 0 aliphatic carbocycles. The molecule has 1 aliphatic rings. The molecule has 0 bridgehead atoms. The van der Waals surface area contributed by atoms with Crippen LogP contribution in [0.25, 0.3) is 11.6 Å². The van der Waals surface area contributed by atoms with Gasteiger partial charge in [-0.05, 0) is 58.3 Å². The van der Waals surface area contributed by atoms with E-state index >= 15 is 0 Å². The van der Waals surface area contributed by atoms with Crippen LogP contribution in [0.5, 0.6) is 5.75 Å². The zero-order chi connectivity index (χ0) is 16.6. The molecule has 0 saturated heterocycles. The summed E-state index contributed by atoms with van der Waals surface area (Å²) in [5.74, 6) is 0.705. The topological polar surface area (TPSA) is 40.5 Å². The molecule has 23 heavy (non-hydrogen) atoms. The highest BCUT2D eigenvalue weighted by atomic mass is 127. The zero-order valence-electron chi connectivity index (χ0n) is 13.1. The number of hydrogen-bond acceptors (Lipinski definition) is 2. The smallest absolute Gasteiger partial charge is 0.259 e. The van der Waals surface area contributed by atoms with Gasteiger partial charge in [0.1, 0.15) is 5.75 Å². The Kier molecular flexibility index (Phi) is 4.43. The lowest BCUT2D eigenvalue weighted by Crippen LogP contribution is -2.30. The molecule has 1 amide bonds. The lowest BCUT2D eigenvalue weighted by atomic mass is 10.0. The van der Waals surface area contributed by atoms with E-state index in [1.165, 1.54) is 0 Å². The third-order valence-electron chi connectivity index (χ3n) is 3.79. The van der Waals surface area contributed by atoms with Crippen LogP contribution >= 0.6 is 22.6 Å². The van der Waals surface area contributed by atoms with Crippen molar-refractivity contribution in [3.63, 3.8) is 0 Å². The maximum absolute atomic E-state index is 12.9. The number of phenols is 1. The van der Waals surface area contributed by atoms with Crippen LogP contribution in [0.15, 0.2) is 42.5 Å². The number of nitrogens with zero attached hydrogens (tertiary/aromatic N) is 1. The van der Waals surface area contributed by atoms with Crippen LogP contribution in [-0.2, 0) is 4.79 Å². The molecule has 4 heteroatoms. The van der Waals surface area contributed by atoms with Gasteiger partial charge in [0.15, 0.2) is 0 Å². The number of carbonyl (C=O) groups is 1. The summed E-state index contributed by atoms with van der Waals surface area (Å²) in [4.78, 5) is 14.7. The third-order valence-corrected chi connectivity index (χ3v) is 4.66. The number of anilines is 1. The van der Waals surface area contributed by atoms with Crippen molar-refractivity contribution in [2.24, 2.45) is 5.92 Å². The molecule has 0 saturated carbocycles. The molecular weight excluding hydrogens is 401 g/mol. The van der Waals surface area contributed by atoms with Crippen LogP contribution in [0, 0.1) is 9.49 Å². The van der Waals surface area contributed by atoms with E-state index in [4.69, 9.17) is 0 Å². The SMILES string of the molecule is CC(C)CN1C(=O)/C(=C\c2ccc(O)c(I)c2)c2ccccc21. The summed E-state index contributed by atoms with van der Waals surface area (Å²) in [7, 11) is 0. The van der Waals surface area contributed by atoms with Gasteiger partial charge in [-0.15, -0.1) is 0 Å². The van der Waals surface area contributed by atoms with Crippen molar-refractivity contribution in [1.82, 2.24) is 0 Å². The molecule has 3 rings (SSSR count). The second-order valence-electron chi connectivity index (χ2n) is 6.10. The highest BCUT2D eigenvalue weighted by Gasteiger charge is 2.32. The number of halogens is 1. The van der Waals surface area contributed by atoms with Crippen molar-refractivity contribution < 1.29 is 9.90 Å². The van der Waals surface area contributed by atoms with Gasteiger partial charge < -0.3 is 10.0 Å². The molecule has 0 atom stereocenters. The quantitative estimate of drug-likeness (QED) is 0.586. The molecule has 2 aromatic carbocycles. The van der Waals surface area contributed by atoms with Gasteiger partial charge in [-0.3, -0.25) is 4.79 Å². The van der Waals surface area contributed by atoms with Crippen LogP contribution in [0.4, 0.5) is 5.69 Å². The number of amides is 1. The fraction of sp³-hybridized carbons (Fsp3) is 0.211. The van der Waals surface area contributed by atoms with Gasteiger partial charge >= 0.3 is 0 Å². The number of fused-ring (bicyclic) bond motifs is 1. The van der Waals surface area contributed by atoms with Gasteiger partial charge in [0.2, 0.25) is 0 Å².